The number of hydrazone groups is 2. The van der Waals surface area contributed by atoms with Gasteiger partial charge < -0.3 is 10.9 Å². The number of nitrogens with one attached hydrogen (secondary N) is 2. The van der Waals surface area contributed by atoms with Crippen molar-refractivity contribution in [1.82, 2.24) is 25.8 Å². The molecule has 2 N–H and O–H groups in total. The lowest BCUT2D eigenvalue weighted by atomic mass is 10.1. The fraction of sp³-hybridized carbons (Fsp3) is 0.312. The Morgan fingerprint density at radius 1 is 0.870 bits per heavy atom. The summed E-state index contributed by atoms with van der Waals surface area (Å²) < 4.78 is 0. The van der Waals surface area contributed by atoms with Gasteiger partial charge in [-0.25, -0.2) is 0 Å². The zero-order chi connectivity index (χ0) is 15.9. The highest BCUT2D eigenvalue weighted by Crippen LogP contribution is 2.15. The van der Waals surface area contributed by atoms with E-state index in [0.717, 1.165) is 29.9 Å². The molecule has 2 aromatic heterocycles. The molecule has 2 unspecified atom stereocenters. The van der Waals surface area contributed by atoms with E-state index in [4.69, 9.17) is 0 Å². The van der Waals surface area contributed by atoms with Crippen molar-refractivity contribution in [3.05, 3.63) is 53.9 Å². The fourth-order valence-corrected chi connectivity index (χ4v) is 2.25. The summed E-state index contributed by atoms with van der Waals surface area (Å²) >= 11 is 0. The third kappa shape index (κ3) is 4.09. The topological polar surface area (TPSA) is 87.5 Å². The predicted molar refractivity (Wildman–Crippen MR) is 89.0 cm³/mol. The summed E-state index contributed by atoms with van der Waals surface area (Å²) in [6.07, 6.45) is 10.9. The smallest absolute Gasteiger partial charge is 0.0925 e. The predicted octanol–water partition coefficient (Wildman–Crippen LogP) is 1.91. The molecule has 0 radical (unpaired) electrons. The average Bonchev–Trinajstić information content (AvgIpc) is 3.31. The molecule has 7 heteroatoms. The number of aryl methyl sites for hydroxylation is 1. The van der Waals surface area contributed by atoms with Gasteiger partial charge in [0.05, 0.1) is 35.4 Å². The number of nitrogens with zero attached hydrogens (tertiary/aromatic N) is 5. The Balaban J connectivity index is 0.000000136. The quantitative estimate of drug-likeness (QED) is 0.885. The molecule has 0 fully saturated rings. The van der Waals surface area contributed by atoms with Crippen LogP contribution in [0.3, 0.4) is 0 Å². The number of hydrogen-bond donors (Lipinski definition) is 2. The van der Waals surface area contributed by atoms with Gasteiger partial charge in [0.1, 0.15) is 0 Å². The Kier molecular flexibility index (Phi) is 4.88. The third-order valence-corrected chi connectivity index (χ3v) is 3.53. The minimum atomic E-state index is 0.220. The van der Waals surface area contributed by atoms with Crippen LogP contribution in [0.5, 0.6) is 0 Å². The van der Waals surface area contributed by atoms with Crippen molar-refractivity contribution in [1.29, 1.82) is 0 Å². The van der Waals surface area contributed by atoms with Gasteiger partial charge in [0, 0.05) is 37.7 Å². The van der Waals surface area contributed by atoms with E-state index in [-0.39, 0.29) is 12.1 Å². The Bertz CT molecular complexity index is 651. The van der Waals surface area contributed by atoms with Crippen LogP contribution in [0.4, 0.5) is 0 Å². The van der Waals surface area contributed by atoms with Gasteiger partial charge in [-0.1, -0.05) is 6.07 Å². The molecule has 7 nitrogen and oxygen atoms in total. The molecule has 4 heterocycles. The summed E-state index contributed by atoms with van der Waals surface area (Å²) in [5, 5.41) is 7.85. The standard InChI is InChI=1S/C8H10N4.C8H9N3/c1-6-4-10-8(5-9-6)7-2-3-11-12-7;1-2-5-9-7(3-1)8-4-6-10-11-8/h3-5,7,12H,2H2,1H3;1-3,5-6,8,11H,4H2. The van der Waals surface area contributed by atoms with Crippen molar-refractivity contribution < 1.29 is 0 Å². The number of rotatable bonds is 2. The highest BCUT2D eigenvalue weighted by Gasteiger charge is 2.14. The highest BCUT2D eigenvalue weighted by atomic mass is 15.3. The van der Waals surface area contributed by atoms with Crippen molar-refractivity contribution in [2.24, 2.45) is 10.2 Å². The second kappa shape index (κ2) is 7.44. The molecule has 2 aliphatic heterocycles. The average molecular weight is 309 g/mol. The van der Waals surface area contributed by atoms with Gasteiger partial charge in [-0.15, -0.1) is 0 Å². The number of hydrogen-bond acceptors (Lipinski definition) is 7. The molecular formula is C16H19N7. The molecule has 0 aromatic carbocycles. The Morgan fingerprint density at radius 2 is 1.61 bits per heavy atom. The molecule has 0 amide bonds. The second-order valence-corrected chi connectivity index (χ2v) is 5.30. The van der Waals surface area contributed by atoms with Gasteiger partial charge >= 0.3 is 0 Å². The van der Waals surface area contributed by atoms with Crippen molar-refractivity contribution in [3.8, 4) is 0 Å². The molecule has 2 atom stereocenters. The third-order valence-electron chi connectivity index (χ3n) is 3.53. The van der Waals surface area contributed by atoms with Gasteiger partial charge in [0.2, 0.25) is 0 Å². The fourth-order valence-electron chi connectivity index (χ4n) is 2.25. The molecule has 0 saturated carbocycles. The van der Waals surface area contributed by atoms with E-state index in [1.807, 2.05) is 37.6 Å². The van der Waals surface area contributed by atoms with Crippen molar-refractivity contribution in [2.45, 2.75) is 31.8 Å². The van der Waals surface area contributed by atoms with Crippen molar-refractivity contribution >= 4 is 12.4 Å². The van der Waals surface area contributed by atoms with Crippen molar-refractivity contribution in [3.63, 3.8) is 0 Å². The molecule has 0 aliphatic carbocycles. The molecule has 2 aromatic rings. The first-order chi connectivity index (χ1) is 11.3. The van der Waals surface area contributed by atoms with Crippen LogP contribution in [0.1, 0.15) is 42.0 Å². The molecule has 0 bridgehead atoms. The summed E-state index contributed by atoms with van der Waals surface area (Å²) in [5.41, 5.74) is 8.90. The molecule has 23 heavy (non-hydrogen) atoms. The maximum Gasteiger partial charge on any atom is 0.0925 e. The zero-order valence-electron chi connectivity index (χ0n) is 12.9. The minimum absolute atomic E-state index is 0.220. The summed E-state index contributed by atoms with van der Waals surface area (Å²) in [5.74, 6) is 0. The van der Waals surface area contributed by atoms with E-state index in [9.17, 15) is 0 Å². The molecule has 4 rings (SSSR count). The van der Waals surface area contributed by atoms with E-state index in [0.29, 0.717) is 0 Å². The van der Waals surface area contributed by atoms with Crippen LogP contribution in [0, 0.1) is 6.92 Å². The maximum atomic E-state index is 4.26. The first kappa shape index (κ1) is 15.1. The SMILES string of the molecule is C1=NNC(c2ccccn2)C1.Cc1cnc(C2CC=NN2)cn1. The largest absolute Gasteiger partial charge is 0.301 e. The van der Waals surface area contributed by atoms with Gasteiger partial charge in [-0.05, 0) is 19.1 Å². The first-order valence-corrected chi connectivity index (χ1v) is 7.56. The molecule has 118 valence electrons. The van der Waals surface area contributed by atoms with Crippen LogP contribution < -0.4 is 10.9 Å². The summed E-state index contributed by atoms with van der Waals surface area (Å²) in [4.78, 5) is 12.6. The molecular weight excluding hydrogens is 290 g/mol. The van der Waals surface area contributed by atoms with Crippen LogP contribution in [-0.2, 0) is 0 Å². The Morgan fingerprint density at radius 3 is 2.13 bits per heavy atom. The molecule has 0 saturated heterocycles. The van der Waals surface area contributed by atoms with Crippen LogP contribution in [0.15, 0.2) is 47.0 Å². The lowest BCUT2D eigenvalue weighted by Gasteiger charge is -2.07. The van der Waals surface area contributed by atoms with E-state index in [2.05, 4.69) is 36.0 Å². The zero-order valence-corrected chi connectivity index (χ0v) is 12.9. The van der Waals surface area contributed by atoms with Gasteiger partial charge in [0.15, 0.2) is 0 Å². The lowest BCUT2D eigenvalue weighted by molar-refractivity contribution is 0.599. The maximum absolute atomic E-state index is 4.26. The van der Waals surface area contributed by atoms with E-state index >= 15 is 0 Å². The van der Waals surface area contributed by atoms with Crippen LogP contribution in [0.25, 0.3) is 0 Å². The van der Waals surface area contributed by atoms with Crippen LogP contribution in [-0.4, -0.2) is 27.4 Å². The van der Waals surface area contributed by atoms with Gasteiger partial charge in [0.25, 0.3) is 0 Å². The number of pyridine rings is 1. The molecule has 0 spiro atoms. The summed E-state index contributed by atoms with van der Waals surface area (Å²) in [6.45, 7) is 1.93. The first-order valence-electron chi connectivity index (χ1n) is 7.56. The van der Waals surface area contributed by atoms with Gasteiger partial charge in [-0.3, -0.25) is 15.0 Å². The minimum Gasteiger partial charge on any atom is -0.301 e. The van der Waals surface area contributed by atoms with E-state index in [1.165, 1.54) is 0 Å². The van der Waals surface area contributed by atoms with Crippen molar-refractivity contribution in [2.75, 3.05) is 0 Å². The highest BCUT2D eigenvalue weighted by molar-refractivity contribution is 5.60. The van der Waals surface area contributed by atoms with Crippen LogP contribution in [0.2, 0.25) is 0 Å². The lowest BCUT2D eigenvalue weighted by Crippen LogP contribution is -2.11. The summed E-state index contributed by atoms with van der Waals surface area (Å²) in [6, 6.07) is 6.42. The Labute approximate surface area is 135 Å². The second-order valence-electron chi connectivity index (χ2n) is 5.30. The Hall–Kier alpha value is -2.83. The summed E-state index contributed by atoms with van der Waals surface area (Å²) in [7, 11) is 0. The van der Waals surface area contributed by atoms with Crippen LogP contribution >= 0.6 is 0 Å². The van der Waals surface area contributed by atoms with E-state index < -0.39 is 0 Å². The van der Waals surface area contributed by atoms with Gasteiger partial charge in [-0.2, -0.15) is 10.2 Å². The molecule has 2 aliphatic rings. The normalized spacial score (nSPS) is 21.3. The van der Waals surface area contributed by atoms with E-state index in [1.54, 1.807) is 18.6 Å². The number of aromatic nitrogens is 3. The monoisotopic (exact) mass is 309 g/mol.